The van der Waals surface area contributed by atoms with Gasteiger partial charge < -0.3 is 52.1 Å². The molecule has 0 aliphatic rings. The zero-order chi connectivity index (χ0) is 29.9. The Morgan fingerprint density at radius 2 is 0.488 bits per heavy atom. The van der Waals surface area contributed by atoms with Crippen molar-refractivity contribution in [2.75, 3.05) is 132 Å². The Labute approximate surface area is 245 Å². The molecule has 0 saturated carbocycles. The van der Waals surface area contributed by atoms with Gasteiger partial charge in [-0.1, -0.05) is 13.8 Å². The van der Waals surface area contributed by atoms with Crippen LogP contribution in [-0.4, -0.2) is 144 Å². The number of hydrogen-bond donors (Lipinski definition) is 0. The summed E-state index contributed by atoms with van der Waals surface area (Å²) in [6.45, 7) is 12.8. The Hall–Kier alpha value is -1.42. The molecule has 0 radical (unpaired) electrons. The van der Waals surface area contributed by atoms with Crippen molar-refractivity contribution in [2.24, 2.45) is 0 Å². The smallest absolute Gasteiger partial charge is 0.305 e. The van der Waals surface area contributed by atoms with Gasteiger partial charge in [0, 0.05) is 12.8 Å². The van der Waals surface area contributed by atoms with E-state index in [9.17, 15) is 9.59 Å². The van der Waals surface area contributed by atoms with Gasteiger partial charge in [-0.2, -0.15) is 0 Å². The molecule has 0 spiro atoms. The van der Waals surface area contributed by atoms with Crippen LogP contribution in [0.5, 0.6) is 0 Å². The fraction of sp³-hybridized carbons (Fsp3) is 0.929. The molecule has 0 atom stereocenters. The van der Waals surface area contributed by atoms with Crippen molar-refractivity contribution in [1.29, 1.82) is 0 Å². The van der Waals surface area contributed by atoms with E-state index >= 15 is 0 Å². The minimum atomic E-state index is -0.191. The lowest BCUT2D eigenvalue weighted by molar-refractivity contribution is -0.146. The minimum Gasteiger partial charge on any atom is -0.463 e. The maximum absolute atomic E-state index is 11.2. The molecule has 0 saturated heterocycles. The molecule has 0 aromatic rings. The van der Waals surface area contributed by atoms with Gasteiger partial charge in [-0.15, -0.1) is 0 Å². The number of carbonyl (C=O) groups excluding carboxylic acids is 2. The average molecular weight is 599 g/mol. The molecule has 0 N–H and O–H groups in total. The fourth-order valence-electron chi connectivity index (χ4n) is 2.84. The second-order valence-corrected chi connectivity index (χ2v) is 8.45. The summed E-state index contributed by atoms with van der Waals surface area (Å²) in [5.74, 6) is -0.381. The first-order valence-electron chi connectivity index (χ1n) is 14.7. The highest BCUT2D eigenvalue weighted by molar-refractivity contribution is 5.69. The Bertz CT molecular complexity index is 505. The summed E-state index contributed by atoms with van der Waals surface area (Å²) in [4.78, 5) is 22.3. The van der Waals surface area contributed by atoms with E-state index < -0.39 is 0 Å². The van der Waals surface area contributed by atoms with Gasteiger partial charge in [0.05, 0.1) is 119 Å². The highest BCUT2D eigenvalue weighted by Crippen LogP contribution is 1.92. The molecule has 0 aromatic carbocycles. The van der Waals surface area contributed by atoms with E-state index in [0.717, 1.165) is 12.8 Å². The predicted octanol–water partition coefficient (Wildman–Crippen LogP) is 1.82. The minimum absolute atomic E-state index is 0.191. The van der Waals surface area contributed by atoms with E-state index in [1.165, 1.54) is 0 Å². The summed E-state index contributed by atoms with van der Waals surface area (Å²) >= 11 is 0. The van der Waals surface area contributed by atoms with Crippen LogP contribution in [-0.2, 0) is 61.7 Å². The van der Waals surface area contributed by atoms with Crippen LogP contribution in [0, 0.1) is 0 Å². The van der Waals surface area contributed by atoms with E-state index in [1.807, 2.05) is 13.8 Å². The third-order valence-electron chi connectivity index (χ3n) is 4.87. The maximum Gasteiger partial charge on any atom is 0.305 e. The number of ether oxygens (including phenoxy) is 11. The fourth-order valence-corrected chi connectivity index (χ4v) is 2.84. The van der Waals surface area contributed by atoms with Crippen LogP contribution in [0.25, 0.3) is 0 Å². The third kappa shape index (κ3) is 34.7. The topological polar surface area (TPSA) is 136 Å². The largest absolute Gasteiger partial charge is 0.463 e. The Morgan fingerprint density at radius 3 is 0.659 bits per heavy atom. The van der Waals surface area contributed by atoms with E-state index in [2.05, 4.69) is 0 Å². The second-order valence-electron chi connectivity index (χ2n) is 8.45. The molecule has 0 aliphatic heterocycles. The van der Waals surface area contributed by atoms with Gasteiger partial charge in [0.1, 0.15) is 13.2 Å². The third-order valence-corrected chi connectivity index (χ3v) is 4.87. The second kappa shape index (κ2) is 34.8. The van der Waals surface area contributed by atoms with E-state index in [4.69, 9.17) is 52.1 Å². The van der Waals surface area contributed by atoms with E-state index in [-0.39, 0.29) is 25.2 Å². The van der Waals surface area contributed by atoms with Crippen LogP contribution in [0.3, 0.4) is 0 Å². The first-order valence-corrected chi connectivity index (χ1v) is 14.7. The summed E-state index contributed by atoms with van der Waals surface area (Å²) in [5, 5.41) is 0. The summed E-state index contributed by atoms with van der Waals surface area (Å²) < 4.78 is 58.6. The Morgan fingerprint density at radius 1 is 0.317 bits per heavy atom. The predicted molar refractivity (Wildman–Crippen MR) is 149 cm³/mol. The molecule has 0 bridgehead atoms. The van der Waals surface area contributed by atoms with Crippen molar-refractivity contribution in [1.82, 2.24) is 0 Å². The molecule has 0 rings (SSSR count). The standard InChI is InChI=1S/C28H54O13/c1-3-5-27(29)40-25-23-38-21-19-36-17-15-34-13-11-32-9-7-31-8-10-33-12-14-35-16-18-37-20-22-39-24-26-41-28(30)6-4-2/h3-26H2,1-2H3. The van der Waals surface area contributed by atoms with Crippen LogP contribution < -0.4 is 0 Å². The van der Waals surface area contributed by atoms with Crippen molar-refractivity contribution >= 4 is 11.9 Å². The van der Waals surface area contributed by atoms with Crippen LogP contribution in [0.15, 0.2) is 0 Å². The Kier molecular flexibility index (Phi) is 33.6. The molecule has 13 nitrogen and oxygen atoms in total. The van der Waals surface area contributed by atoms with Crippen LogP contribution in [0.2, 0.25) is 0 Å². The van der Waals surface area contributed by atoms with E-state index in [1.54, 1.807) is 0 Å². The van der Waals surface area contributed by atoms with Crippen LogP contribution in [0.4, 0.5) is 0 Å². The van der Waals surface area contributed by atoms with Gasteiger partial charge in [0.25, 0.3) is 0 Å². The zero-order valence-electron chi connectivity index (χ0n) is 25.3. The number of esters is 2. The van der Waals surface area contributed by atoms with Gasteiger partial charge in [0.2, 0.25) is 0 Å². The normalized spacial score (nSPS) is 11.2. The zero-order valence-corrected chi connectivity index (χ0v) is 25.3. The summed E-state index contributed by atoms with van der Waals surface area (Å²) in [6.07, 6.45) is 2.45. The van der Waals surface area contributed by atoms with Gasteiger partial charge in [-0.3, -0.25) is 9.59 Å². The van der Waals surface area contributed by atoms with Gasteiger partial charge >= 0.3 is 11.9 Å². The monoisotopic (exact) mass is 598 g/mol. The molecule has 0 amide bonds. The van der Waals surface area contributed by atoms with E-state index in [0.29, 0.717) is 132 Å². The number of carbonyl (C=O) groups is 2. The summed E-state index contributed by atoms with van der Waals surface area (Å²) in [7, 11) is 0. The van der Waals surface area contributed by atoms with Crippen molar-refractivity contribution in [3.05, 3.63) is 0 Å². The highest BCUT2D eigenvalue weighted by atomic mass is 16.6. The SMILES string of the molecule is CCCC(=O)OCCOCCOCCOCCOCCOCCOCCOCCOCCOCCOC(=O)CCC. The van der Waals surface area contributed by atoms with Crippen molar-refractivity contribution in [3.63, 3.8) is 0 Å². The highest BCUT2D eigenvalue weighted by Gasteiger charge is 2.01. The molecule has 0 heterocycles. The first kappa shape index (κ1) is 39.6. The molecule has 13 heteroatoms. The van der Waals surface area contributed by atoms with Crippen molar-refractivity contribution < 1.29 is 61.7 Å². The first-order chi connectivity index (χ1) is 20.2. The lowest BCUT2D eigenvalue weighted by Crippen LogP contribution is -2.15. The number of hydrogen-bond acceptors (Lipinski definition) is 13. The molecule has 0 fully saturated rings. The van der Waals surface area contributed by atoms with Crippen molar-refractivity contribution in [3.8, 4) is 0 Å². The van der Waals surface area contributed by atoms with Gasteiger partial charge in [-0.05, 0) is 12.8 Å². The summed E-state index contributed by atoms with van der Waals surface area (Å²) in [5.41, 5.74) is 0. The molecule has 0 unspecified atom stereocenters. The molecule has 244 valence electrons. The molecular formula is C28H54O13. The van der Waals surface area contributed by atoms with Gasteiger partial charge in [-0.25, -0.2) is 0 Å². The Balaban J connectivity index is 3.08. The lowest BCUT2D eigenvalue weighted by atomic mass is 10.3. The summed E-state index contributed by atoms with van der Waals surface area (Å²) in [6, 6.07) is 0. The molecule has 41 heavy (non-hydrogen) atoms. The quantitative estimate of drug-likeness (QED) is 0.0788. The van der Waals surface area contributed by atoms with Crippen LogP contribution >= 0.6 is 0 Å². The van der Waals surface area contributed by atoms with Crippen LogP contribution in [0.1, 0.15) is 39.5 Å². The molecular weight excluding hydrogens is 544 g/mol. The lowest BCUT2D eigenvalue weighted by Gasteiger charge is -2.09. The molecule has 0 aliphatic carbocycles. The molecule has 0 aromatic heterocycles. The maximum atomic E-state index is 11.2. The number of rotatable bonds is 34. The van der Waals surface area contributed by atoms with Gasteiger partial charge in [0.15, 0.2) is 0 Å². The van der Waals surface area contributed by atoms with Crippen molar-refractivity contribution in [2.45, 2.75) is 39.5 Å². The average Bonchev–Trinajstić information content (AvgIpc) is 2.96.